The van der Waals surface area contributed by atoms with Crippen molar-refractivity contribution >= 4 is 12.4 Å². The Morgan fingerprint density at radius 3 is 2.71 bits per heavy atom. The van der Waals surface area contributed by atoms with E-state index < -0.39 is 11.7 Å². The third-order valence-corrected chi connectivity index (χ3v) is 1.74. The Morgan fingerprint density at radius 1 is 1.57 bits per heavy atom. The predicted octanol–water partition coefficient (Wildman–Crippen LogP) is 0.768. The van der Waals surface area contributed by atoms with Gasteiger partial charge < -0.3 is 10.5 Å². The molecule has 4 nitrogen and oxygen atoms in total. The second-order valence-corrected chi connectivity index (χ2v) is 2.65. The number of carbonyl (C=O) groups excluding carboxylic acids is 2. The summed E-state index contributed by atoms with van der Waals surface area (Å²) in [7, 11) is 0. The number of nitrogens with two attached hydrogens (primary N) is 1. The number of benzene rings is 1. The third kappa shape index (κ3) is 1.71. The molecule has 0 aromatic heterocycles. The normalized spacial score (nSPS) is 9.57. The maximum Gasteiger partial charge on any atom is 0.298 e. The summed E-state index contributed by atoms with van der Waals surface area (Å²) in [5, 5.41) is 0. The van der Waals surface area contributed by atoms with Crippen LogP contribution in [-0.2, 0) is 4.79 Å². The van der Waals surface area contributed by atoms with Gasteiger partial charge in [0.2, 0.25) is 0 Å². The number of amides is 1. The number of hydrogen-bond acceptors (Lipinski definition) is 3. The number of aryl methyl sites for hydroxylation is 1. The molecule has 0 aliphatic heterocycles. The van der Waals surface area contributed by atoms with Crippen molar-refractivity contribution in [3.05, 3.63) is 29.1 Å². The Morgan fingerprint density at radius 2 is 2.21 bits per heavy atom. The maximum absolute atomic E-state index is 13.4. The zero-order valence-electron chi connectivity index (χ0n) is 7.41. The Hall–Kier alpha value is -1.91. The standard InChI is InChI=1S/C9H8FNO3/c1-5-2-3-6(14-4-12)8(10)7(5)9(11)13/h2-4H,1H3,(H2,11,13). The van der Waals surface area contributed by atoms with E-state index in [9.17, 15) is 14.0 Å². The zero-order chi connectivity index (χ0) is 10.7. The molecule has 0 saturated heterocycles. The van der Waals surface area contributed by atoms with Gasteiger partial charge in [-0.2, -0.15) is 0 Å². The van der Waals surface area contributed by atoms with Crippen molar-refractivity contribution in [2.45, 2.75) is 6.92 Å². The topological polar surface area (TPSA) is 69.4 Å². The highest BCUT2D eigenvalue weighted by atomic mass is 19.1. The number of rotatable bonds is 3. The SMILES string of the molecule is Cc1ccc(OC=O)c(F)c1C(N)=O. The van der Waals surface area contributed by atoms with Crippen LogP contribution < -0.4 is 10.5 Å². The Bertz CT molecular complexity index is 390. The number of primary amides is 1. The van der Waals surface area contributed by atoms with Crippen LogP contribution in [0.15, 0.2) is 12.1 Å². The monoisotopic (exact) mass is 197 g/mol. The molecule has 1 amide bonds. The van der Waals surface area contributed by atoms with Gasteiger partial charge in [0.05, 0.1) is 5.56 Å². The van der Waals surface area contributed by atoms with Gasteiger partial charge in [0.25, 0.3) is 12.4 Å². The zero-order valence-corrected chi connectivity index (χ0v) is 7.41. The minimum Gasteiger partial charge on any atom is -0.426 e. The molecular formula is C9H8FNO3. The summed E-state index contributed by atoms with van der Waals surface area (Å²) in [5.74, 6) is -2.11. The van der Waals surface area contributed by atoms with E-state index in [1.807, 2.05) is 0 Å². The third-order valence-electron chi connectivity index (χ3n) is 1.74. The fourth-order valence-corrected chi connectivity index (χ4v) is 1.10. The molecular weight excluding hydrogens is 189 g/mol. The minimum atomic E-state index is -0.912. The van der Waals surface area contributed by atoms with Gasteiger partial charge in [0.15, 0.2) is 11.6 Å². The molecule has 0 aliphatic rings. The van der Waals surface area contributed by atoms with Gasteiger partial charge in [0.1, 0.15) is 0 Å². The summed E-state index contributed by atoms with van der Waals surface area (Å²) in [6, 6.07) is 2.70. The largest absolute Gasteiger partial charge is 0.426 e. The van der Waals surface area contributed by atoms with Crippen LogP contribution in [0.4, 0.5) is 4.39 Å². The van der Waals surface area contributed by atoms with Crippen molar-refractivity contribution in [3.8, 4) is 5.75 Å². The lowest BCUT2D eigenvalue weighted by Crippen LogP contribution is -2.15. The second-order valence-electron chi connectivity index (χ2n) is 2.65. The summed E-state index contributed by atoms with van der Waals surface area (Å²) in [6.45, 7) is 1.62. The maximum atomic E-state index is 13.4. The van der Waals surface area contributed by atoms with Crippen molar-refractivity contribution in [3.63, 3.8) is 0 Å². The number of halogens is 1. The van der Waals surface area contributed by atoms with Crippen molar-refractivity contribution in [2.75, 3.05) is 0 Å². The minimum absolute atomic E-state index is 0.0819. The fraction of sp³-hybridized carbons (Fsp3) is 0.111. The summed E-state index contributed by atoms with van der Waals surface area (Å²) in [5.41, 5.74) is 5.09. The molecule has 0 unspecified atom stereocenters. The van der Waals surface area contributed by atoms with Gasteiger partial charge >= 0.3 is 0 Å². The number of carbonyl (C=O) groups is 2. The molecule has 0 bridgehead atoms. The molecule has 0 spiro atoms. The first kappa shape index (κ1) is 10.2. The van der Waals surface area contributed by atoms with Gasteiger partial charge in [-0.3, -0.25) is 9.59 Å². The lowest BCUT2D eigenvalue weighted by molar-refractivity contribution is -0.120. The highest BCUT2D eigenvalue weighted by molar-refractivity contribution is 5.95. The van der Waals surface area contributed by atoms with E-state index in [2.05, 4.69) is 4.74 Å². The molecule has 0 fully saturated rings. The highest BCUT2D eigenvalue weighted by Gasteiger charge is 2.16. The van der Waals surface area contributed by atoms with E-state index in [-0.39, 0.29) is 17.8 Å². The van der Waals surface area contributed by atoms with Gasteiger partial charge in [-0.15, -0.1) is 0 Å². The van der Waals surface area contributed by atoms with E-state index in [0.717, 1.165) is 0 Å². The van der Waals surface area contributed by atoms with Crippen LogP contribution in [0.3, 0.4) is 0 Å². The molecule has 1 aromatic carbocycles. The van der Waals surface area contributed by atoms with E-state index >= 15 is 0 Å². The smallest absolute Gasteiger partial charge is 0.298 e. The number of ether oxygens (including phenoxy) is 1. The van der Waals surface area contributed by atoms with E-state index in [4.69, 9.17) is 5.73 Å². The second kappa shape index (κ2) is 3.87. The van der Waals surface area contributed by atoms with Crippen LogP contribution in [0.5, 0.6) is 5.75 Å². The van der Waals surface area contributed by atoms with Crippen LogP contribution in [0.1, 0.15) is 15.9 Å². The van der Waals surface area contributed by atoms with Crippen molar-refractivity contribution < 1.29 is 18.7 Å². The molecule has 0 heterocycles. The Labute approximate surface area is 79.5 Å². The molecule has 1 aromatic rings. The van der Waals surface area contributed by atoms with E-state index in [1.165, 1.54) is 19.1 Å². The lowest BCUT2D eigenvalue weighted by Gasteiger charge is -2.06. The fourth-order valence-electron chi connectivity index (χ4n) is 1.10. The van der Waals surface area contributed by atoms with Gasteiger partial charge in [-0.1, -0.05) is 6.07 Å². The first-order chi connectivity index (χ1) is 6.57. The molecule has 2 N–H and O–H groups in total. The number of hydrogen-bond donors (Lipinski definition) is 1. The summed E-state index contributed by atoms with van der Waals surface area (Å²) < 4.78 is 17.7. The predicted molar refractivity (Wildman–Crippen MR) is 46.3 cm³/mol. The summed E-state index contributed by atoms with van der Waals surface area (Å²) in [6.07, 6.45) is 0. The van der Waals surface area contributed by atoms with Crippen LogP contribution in [-0.4, -0.2) is 12.4 Å². The van der Waals surface area contributed by atoms with E-state index in [1.54, 1.807) is 0 Å². The highest BCUT2D eigenvalue weighted by Crippen LogP contribution is 2.22. The van der Waals surface area contributed by atoms with Crippen LogP contribution in [0, 0.1) is 12.7 Å². The summed E-state index contributed by atoms with van der Waals surface area (Å²) in [4.78, 5) is 20.8. The molecule has 0 aliphatic carbocycles. The molecule has 1 rings (SSSR count). The average molecular weight is 197 g/mol. The molecule has 14 heavy (non-hydrogen) atoms. The quantitative estimate of drug-likeness (QED) is 0.727. The molecule has 74 valence electrons. The van der Waals surface area contributed by atoms with Gasteiger partial charge in [-0.25, -0.2) is 4.39 Å². The van der Waals surface area contributed by atoms with Crippen molar-refractivity contribution in [1.29, 1.82) is 0 Å². The Balaban J connectivity index is 3.32. The summed E-state index contributed by atoms with van der Waals surface area (Å²) >= 11 is 0. The van der Waals surface area contributed by atoms with Gasteiger partial charge in [0, 0.05) is 0 Å². The van der Waals surface area contributed by atoms with Crippen LogP contribution in [0.25, 0.3) is 0 Å². The molecule has 0 atom stereocenters. The molecule has 0 radical (unpaired) electrons. The first-order valence-electron chi connectivity index (χ1n) is 3.77. The van der Waals surface area contributed by atoms with Crippen molar-refractivity contribution in [2.24, 2.45) is 5.73 Å². The lowest BCUT2D eigenvalue weighted by atomic mass is 10.1. The molecule has 0 saturated carbocycles. The van der Waals surface area contributed by atoms with Crippen molar-refractivity contribution in [1.82, 2.24) is 0 Å². The molecule has 5 heteroatoms. The first-order valence-corrected chi connectivity index (χ1v) is 3.77. The van der Waals surface area contributed by atoms with E-state index in [0.29, 0.717) is 5.56 Å². The Kier molecular flexibility index (Phi) is 2.81. The van der Waals surface area contributed by atoms with Gasteiger partial charge in [-0.05, 0) is 18.6 Å². The van der Waals surface area contributed by atoms with Crippen LogP contribution >= 0.6 is 0 Å². The van der Waals surface area contributed by atoms with Crippen LogP contribution in [0.2, 0.25) is 0 Å². The average Bonchev–Trinajstić information content (AvgIpc) is 2.10.